The van der Waals surface area contributed by atoms with Crippen LogP contribution in [-0.2, 0) is 12.0 Å². The Morgan fingerprint density at radius 2 is 1.74 bits per heavy atom. The summed E-state index contributed by atoms with van der Waals surface area (Å²) in [6.45, 7) is 2.09. The van der Waals surface area contributed by atoms with Crippen molar-refractivity contribution in [3.8, 4) is 0 Å². The molecule has 0 aliphatic heterocycles. The van der Waals surface area contributed by atoms with Crippen molar-refractivity contribution in [1.82, 2.24) is 0 Å². The molecule has 1 unspecified atom stereocenters. The SMILES string of the molecule is CCC(N)(Cc1ccc(Cl)cc1Cl)c1ccccc1. The van der Waals surface area contributed by atoms with Crippen LogP contribution in [0.4, 0.5) is 0 Å². The van der Waals surface area contributed by atoms with Gasteiger partial charge in [0.25, 0.3) is 0 Å². The zero-order valence-corrected chi connectivity index (χ0v) is 12.4. The summed E-state index contributed by atoms with van der Waals surface area (Å²) in [5.41, 5.74) is 8.32. The molecule has 3 heteroatoms. The fourth-order valence-electron chi connectivity index (χ4n) is 2.21. The normalized spacial score (nSPS) is 14.1. The quantitative estimate of drug-likeness (QED) is 0.861. The first-order chi connectivity index (χ1) is 9.05. The number of benzene rings is 2. The monoisotopic (exact) mass is 293 g/mol. The van der Waals surface area contributed by atoms with Gasteiger partial charge in [0.05, 0.1) is 0 Å². The number of nitrogens with two attached hydrogens (primary N) is 1. The molecule has 0 heterocycles. The molecular weight excluding hydrogens is 277 g/mol. The lowest BCUT2D eigenvalue weighted by Gasteiger charge is -2.29. The van der Waals surface area contributed by atoms with Crippen molar-refractivity contribution < 1.29 is 0 Å². The Bertz CT molecular complexity index is 554. The number of halogens is 2. The molecule has 0 aromatic heterocycles. The van der Waals surface area contributed by atoms with Crippen LogP contribution in [0.15, 0.2) is 48.5 Å². The Hall–Kier alpha value is -1.02. The van der Waals surface area contributed by atoms with E-state index in [2.05, 4.69) is 19.1 Å². The Morgan fingerprint density at radius 1 is 1.05 bits per heavy atom. The average molecular weight is 294 g/mol. The van der Waals surface area contributed by atoms with E-state index in [4.69, 9.17) is 28.9 Å². The molecule has 0 aliphatic carbocycles. The van der Waals surface area contributed by atoms with Gasteiger partial charge in [-0.15, -0.1) is 0 Å². The van der Waals surface area contributed by atoms with Crippen molar-refractivity contribution in [3.05, 3.63) is 69.7 Å². The summed E-state index contributed by atoms with van der Waals surface area (Å²) >= 11 is 12.2. The highest BCUT2D eigenvalue weighted by Gasteiger charge is 2.26. The summed E-state index contributed by atoms with van der Waals surface area (Å²) in [6.07, 6.45) is 1.54. The number of rotatable bonds is 4. The molecule has 0 spiro atoms. The predicted molar refractivity (Wildman–Crippen MR) is 82.8 cm³/mol. The van der Waals surface area contributed by atoms with E-state index in [0.29, 0.717) is 16.5 Å². The molecule has 1 nitrogen and oxygen atoms in total. The van der Waals surface area contributed by atoms with Crippen molar-refractivity contribution in [2.45, 2.75) is 25.3 Å². The smallest absolute Gasteiger partial charge is 0.0453 e. The third kappa shape index (κ3) is 3.30. The summed E-state index contributed by atoms with van der Waals surface area (Å²) in [4.78, 5) is 0. The van der Waals surface area contributed by atoms with Gasteiger partial charge in [-0.1, -0.05) is 66.5 Å². The van der Waals surface area contributed by atoms with Crippen LogP contribution in [0.2, 0.25) is 10.0 Å². The van der Waals surface area contributed by atoms with Crippen LogP contribution in [-0.4, -0.2) is 0 Å². The molecule has 2 aromatic carbocycles. The minimum absolute atomic E-state index is 0.404. The van der Waals surface area contributed by atoms with Crippen LogP contribution in [0.25, 0.3) is 0 Å². The lowest BCUT2D eigenvalue weighted by Crippen LogP contribution is -2.38. The number of hydrogen-bond acceptors (Lipinski definition) is 1. The summed E-state index contributed by atoms with van der Waals surface area (Å²) < 4.78 is 0. The van der Waals surface area contributed by atoms with Crippen LogP contribution in [0.3, 0.4) is 0 Å². The maximum absolute atomic E-state index is 6.57. The highest BCUT2D eigenvalue weighted by molar-refractivity contribution is 6.35. The minimum Gasteiger partial charge on any atom is -0.321 e. The maximum Gasteiger partial charge on any atom is 0.0453 e. The molecule has 19 heavy (non-hydrogen) atoms. The van der Waals surface area contributed by atoms with Crippen molar-refractivity contribution in [1.29, 1.82) is 0 Å². The lowest BCUT2D eigenvalue weighted by molar-refractivity contribution is 0.425. The van der Waals surface area contributed by atoms with Crippen LogP contribution in [0.1, 0.15) is 24.5 Å². The van der Waals surface area contributed by atoms with Gasteiger partial charge in [0, 0.05) is 15.6 Å². The second-order valence-electron chi connectivity index (χ2n) is 4.79. The van der Waals surface area contributed by atoms with E-state index in [-0.39, 0.29) is 0 Å². The third-order valence-electron chi connectivity index (χ3n) is 3.50. The van der Waals surface area contributed by atoms with Crippen molar-refractivity contribution >= 4 is 23.2 Å². The molecule has 0 radical (unpaired) electrons. The summed E-state index contributed by atoms with van der Waals surface area (Å²) in [5, 5.41) is 1.32. The van der Waals surface area contributed by atoms with E-state index in [0.717, 1.165) is 17.5 Å². The van der Waals surface area contributed by atoms with Crippen LogP contribution in [0.5, 0.6) is 0 Å². The van der Waals surface area contributed by atoms with Crippen molar-refractivity contribution in [3.63, 3.8) is 0 Å². The van der Waals surface area contributed by atoms with Gasteiger partial charge in [-0.3, -0.25) is 0 Å². The van der Waals surface area contributed by atoms with Gasteiger partial charge in [-0.2, -0.15) is 0 Å². The third-order valence-corrected chi connectivity index (χ3v) is 4.09. The fraction of sp³-hybridized carbons (Fsp3) is 0.250. The standard InChI is InChI=1S/C16H17Cl2N/c1-2-16(19,13-6-4-3-5-7-13)11-12-8-9-14(17)10-15(12)18/h3-10H,2,11,19H2,1H3. The molecule has 2 N–H and O–H groups in total. The molecule has 0 saturated carbocycles. The molecule has 2 rings (SSSR count). The van der Waals surface area contributed by atoms with E-state index in [1.165, 1.54) is 0 Å². The van der Waals surface area contributed by atoms with Gasteiger partial charge in [-0.25, -0.2) is 0 Å². The zero-order chi connectivity index (χ0) is 13.9. The molecule has 0 aliphatic rings. The topological polar surface area (TPSA) is 26.0 Å². The maximum atomic E-state index is 6.57. The predicted octanol–water partition coefficient (Wildman–Crippen LogP) is 4.80. The minimum atomic E-state index is -0.404. The van der Waals surface area contributed by atoms with Crippen molar-refractivity contribution in [2.24, 2.45) is 5.73 Å². The largest absolute Gasteiger partial charge is 0.321 e. The second-order valence-corrected chi connectivity index (χ2v) is 5.63. The fourth-order valence-corrected chi connectivity index (χ4v) is 2.68. The lowest BCUT2D eigenvalue weighted by atomic mass is 9.82. The summed E-state index contributed by atoms with van der Waals surface area (Å²) in [5.74, 6) is 0. The molecular formula is C16H17Cl2N. The van der Waals surface area contributed by atoms with Gasteiger partial charge >= 0.3 is 0 Å². The van der Waals surface area contributed by atoms with Crippen LogP contribution in [0, 0.1) is 0 Å². The first-order valence-corrected chi connectivity index (χ1v) is 7.09. The Labute approximate surface area is 124 Å². The van der Waals surface area contributed by atoms with E-state index >= 15 is 0 Å². The Kier molecular flexibility index (Phi) is 4.51. The summed E-state index contributed by atoms with van der Waals surface area (Å²) in [7, 11) is 0. The van der Waals surface area contributed by atoms with E-state index in [1.807, 2.05) is 30.3 Å². The zero-order valence-electron chi connectivity index (χ0n) is 10.9. The molecule has 0 saturated heterocycles. The van der Waals surface area contributed by atoms with Gasteiger partial charge in [0.15, 0.2) is 0 Å². The van der Waals surface area contributed by atoms with E-state index in [1.54, 1.807) is 6.07 Å². The molecule has 100 valence electrons. The molecule has 2 aromatic rings. The highest BCUT2D eigenvalue weighted by atomic mass is 35.5. The summed E-state index contributed by atoms with van der Waals surface area (Å²) in [6, 6.07) is 15.7. The first kappa shape index (κ1) is 14.4. The van der Waals surface area contributed by atoms with E-state index in [9.17, 15) is 0 Å². The van der Waals surface area contributed by atoms with Gasteiger partial charge in [0.1, 0.15) is 0 Å². The Morgan fingerprint density at radius 3 is 2.32 bits per heavy atom. The average Bonchev–Trinajstić information content (AvgIpc) is 2.43. The molecule has 0 bridgehead atoms. The Balaban J connectivity index is 2.33. The molecule has 1 atom stereocenters. The second kappa shape index (κ2) is 5.96. The molecule has 0 fully saturated rings. The van der Waals surface area contributed by atoms with Crippen LogP contribution < -0.4 is 5.73 Å². The van der Waals surface area contributed by atoms with Crippen molar-refractivity contribution in [2.75, 3.05) is 0 Å². The highest BCUT2D eigenvalue weighted by Crippen LogP contribution is 2.30. The van der Waals surface area contributed by atoms with Crippen LogP contribution >= 0.6 is 23.2 Å². The van der Waals surface area contributed by atoms with Gasteiger partial charge < -0.3 is 5.73 Å². The molecule has 0 amide bonds. The number of hydrogen-bond donors (Lipinski definition) is 1. The van der Waals surface area contributed by atoms with Gasteiger partial charge in [-0.05, 0) is 36.1 Å². The van der Waals surface area contributed by atoms with E-state index < -0.39 is 5.54 Å². The first-order valence-electron chi connectivity index (χ1n) is 6.33. The van der Waals surface area contributed by atoms with Gasteiger partial charge in [0.2, 0.25) is 0 Å².